The molecule has 0 radical (unpaired) electrons. The lowest BCUT2D eigenvalue weighted by atomic mass is 10.2. The van der Waals surface area contributed by atoms with Crippen LogP contribution < -0.4 is 10.6 Å². The quantitative estimate of drug-likeness (QED) is 0.772. The predicted molar refractivity (Wildman–Crippen MR) is 65.9 cm³/mol. The SMILES string of the molecule is Cc1ccc(CC(C)N=C2NC(=O)C(=O)N2)s1. The van der Waals surface area contributed by atoms with Gasteiger partial charge in [-0.15, -0.1) is 11.3 Å². The molecule has 0 aliphatic carbocycles. The number of carbonyl (C=O) groups excluding carboxylic acids is 2. The highest BCUT2D eigenvalue weighted by Crippen LogP contribution is 2.17. The van der Waals surface area contributed by atoms with Crippen molar-refractivity contribution in [2.75, 3.05) is 0 Å². The van der Waals surface area contributed by atoms with E-state index in [0.29, 0.717) is 0 Å². The standard InChI is InChI=1S/C11H13N3O2S/c1-6(5-8-4-3-7(2)17-8)12-11-13-9(15)10(16)14-11/h3-4,6H,5H2,1-2H3,(H2,12,13,14,15,16). The van der Waals surface area contributed by atoms with Gasteiger partial charge in [-0.05, 0) is 26.0 Å². The van der Waals surface area contributed by atoms with Crippen molar-refractivity contribution < 1.29 is 9.59 Å². The van der Waals surface area contributed by atoms with Crippen molar-refractivity contribution in [3.8, 4) is 0 Å². The van der Waals surface area contributed by atoms with Crippen molar-refractivity contribution in [1.82, 2.24) is 10.6 Å². The van der Waals surface area contributed by atoms with Crippen LogP contribution in [0.1, 0.15) is 16.7 Å². The zero-order chi connectivity index (χ0) is 12.4. The molecule has 2 amide bonds. The molecule has 0 spiro atoms. The lowest BCUT2D eigenvalue weighted by Crippen LogP contribution is -2.27. The summed E-state index contributed by atoms with van der Waals surface area (Å²) in [7, 11) is 0. The first kappa shape index (κ1) is 11.8. The molecule has 6 heteroatoms. The number of thiophene rings is 1. The average Bonchev–Trinajstić information content (AvgIpc) is 2.75. The molecule has 90 valence electrons. The van der Waals surface area contributed by atoms with E-state index in [9.17, 15) is 9.59 Å². The largest absolute Gasteiger partial charge is 0.316 e. The van der Waals surface area contributed by atoms with E-state index in [0.717, 1.165) is 6.42 Å². The van der Waals surface area contributed by atoms with Crippen molar-refractivity contribution in [2.24, 2.45) is 4.99 Å². The molecule has 0 bridgehead atoms. The Morgan fingerprint density at radius 2 is 1.94 bits per heavy atom. The monoisotopic (exact) mass is 251 g/mol. The smallest absolute Gasteiger partial charge is 0.288 e. The second kappa shape index (κ2) is 4.67. The third-order valence-corrected chi connectivity index (χ3v) is 3.34. The van der Waals surface area contributed by atoms with Crippen LogP contribution in [-0.4, -0.2) is 23.8 Å². The van der Waals surface area contributed by atoms with Crippen LogP contribution in [0.2, 0.25) is 0 Å². The van der Waals surface area contributed by atoms with Crippen molar-refractivity contribution in [3.05, 3.63) is 21.9 Å². The van der Waals surface area contributed by atoms with E-state index in [1.807, 2.05) is 6.92 Å². The highest BCUT2D eigenvalue weighted by Gasteiger charge is 2.25. The number of rotatable bonds is 3. The van der Waals surface area contributed by atoms with Crippen LogP contribution in [0.3, 0.4) is 0 Å². The number of hydrogen-bond donors (Lipinski definition) is 2. The fraction of sp³-hybridized carbons (Fsp3) is 0.364. The van der Waals surface area contributed by atoms with E-state index in [4.69, 9.17) is 0 Å². The fourth-order valence-corrected chi connectivity index (χ4v) is 2.59. The summed E-state index contributed by atoms with van der Waals surface area (Å²) < 4.78 is 0. The zero-order valence-corrected chi connectivity index (χ0v) is 10.4. The topological polar surface area (TPSA) is 70.6 Å². The number of hydrogen-bond acceptors (Lipinski definition) is 4. The molecule has 1 unspecified atom stereocenters. The number of aryl methyl sites for hydroxylation is 1. The lowest BCUT2D eigenvalue weighted by molar-refractivity contribution is -0.135. The second-order valence-corrected chi connectivity index (χ2v) is 5.32. The van der Waals surface area contributed by atoms with Crippen LogP contribution in [0.25, 0.3) is 0 Å². The molecule has 17 heavy (non-hydrogen) atoms. The van der Waals surface area contributed by atoms with Crippen LogP contribution in [-0.2, 0) is 16.0 Å². The molecule has 2 heterocycles. The molecule has 1 aromatic heterocycles. The highest BCUT2D eigenvalue weighted by atomic mass is 32.1. The minimum atomic E-state index is -0.650. The Bertz CT molecular complexity index is 475. The number of nitrogens with one attached hydrogen (secondary N) is 2. The van der Waals surface area contributed by atoms with Gasteiger partial charge in [-0.1, -0.05) is 0 Å². The van der Waals surface area contributed by atoms with Crippen LogP contribution in [0, 0.1) is 6.92 Å². The Kier molecular flexibility index (Phi) is 3.23. The molecule has 0 aromatic carbocycles. The van der Waals surface area contributed by atoms with E-state index in [1.54, 1.807) is 11.3 Å². The van der Waals surface area contributed by atoms with E-state index in [2.05, 4.69) is 34.7 Å². The lowest BCUT2D eigenvalue weighted by Gasteiger charge is -2.05. The number of aliphatic imine (C=N–C) groups is 1. The summed E-state index contributed by atoms with van der Waals surface area (Å²) >= 11 is 1.73. The molecule has 1 aliphatic heterocycles. The Morgan fingerprint density at radius 3 is 2.47 bits per heavy atom. The molecular weight excluding hydrogens is 238 g/mol. The highest BCUT2D eigenvalue weighted by molar-refractivity contribution is 7.11. The first-order chi connectivity index (χ1) is 8.04. The predicted octanol–water partition coefficient (Wildman–Crippen LogP) is 0.590. The zero-order valence-electron chi connectivity index (χ0n) is 9.61. The molecule has 2 rings (SSSR count). The van der Waals surface area contributed by atoms with Gasteiger partial charge in [-0.3, -0.25) is 20.2 Å². The number of guanidine groups is 1. The maximum absolute atomic E-state index is 10.9. The minimum Gasteiger partial charge on any atom is -0.288 e. The van der Waals surface area contributed by atoms with E-state index in [-0.39, 0.29) is 12.0 Å². The molecule has 1 aliphatic rings. The normalized spacial score (nSPS) is 16.7. The van der Waals surface area contributed by atoms with Crippen LogP contribution in [0.15, 0.2) is 17.1 Å². The van der Waals surface area contributed by atoms with Gasteiger partial charge >= 0.3 is 11.8 Å². The van der Waals surface area contributed by atoms with Gasteiger partial charge in [0.2, 0.25) is 5.96 Å². The van der Waals surface area contributed by atoms with Crippen LogP contribution in [0.5, 0.6) is 0 Å². The van der Waals surface area contributed by atoms with Gasteiger partial charge in [0.1, 0.15) is 0 Å². The van der Waals surface area contributed by atoms with Crippen LogP contribution >= 0.6 is 11.3 Å². The molecule has 0 saturated carbocycles. The summed E-state index contributed by atoms with van der Waals surface area (Å²) in [6, 6.07) is 4.16. The summed E-state index contributed by atoms with van der Waals surface area (Å²) in [5.41, 5.74) is 0. The first-order valence-electron chi connectivity index (χ1n) is 5.30. The van der Waals surface area contributed by atoms with Gasteiger partial charge in [0.25, 0.3) is 0 Å². The molecule has 1 aromatic rings. The van der Waals surface area contributed by atoms with Gasteiger partial charge in [-0.25, -0.2) is 4.99 Å². The number of nitrogens with zero attached hydrogens (tertiary/aromatic N) is 1. The van der Waals surface area contributed by atoms with Gasteiger partial charge in [0, 0.05) is 16.2 Å². The molecule has 1 atom stereocenters. The van der Waals surface area contributed by atoms with Gasteiger partial charge in [-0.2, -0.15) is 0 Å². The third-order valence-electron chi connectivity index (χ3n) is 2.31. The third kappa shape index (κ3) is 2.91. The van der Waals surface area contributed by atoms with Crippen molar-refractivity contribution in [3.63, 3.8) is 0 Å². The van der Waals surface area contributed by atoms with Crippen molar-refractivity contribution in [1.29, 1.82) is 0 Å². The maximum Gasteiger partial charge on any atom is 0.316 e. The second-order valence-electron chi connectivity index (χ2n) is 3.95. The summed E-state index contributed by atoms with van der Waals surface area (Å²) in [6.45, 7) is 4.00. The fourth-order valence-electron chi connectivity index (χ4n) is 1.58. The van der Waals surface area contributed by atoms with Gasteiger partial charge in [0.15, 0.2) is 0 Å². The average molecular weight is 251 g/mol. The molecule has 2 N–H and O–H groups in total. The van der Waals surface area contributed by atoms with Crippen molar-refractivity contribution >= 4 is 29.1 Å². The Labute approximate surface area is 103 Å². The Balaban J connectivity index is 1.97. The summed E-state index contributed by atoms with van der Waals surface area (Å²) in [6.07, 6.45) is 0.799. The summed E-state index contributed by atoms with van der Waals surface area (Å²) in [4.78, 5) is 28.6. The van der Waals surface area contributed by atoms with Crippen LogP contribution in [0.4, 0.5) is 0 Å². The maximum atomic E-state index is 10.9. The Morgan fingerprint density at radius 1 is 1.29 bits per heavy atom. The number of amides is 2. The molecule has 5 nitrogen and oxygen atoms in total. The molecule has 1 saturated heterocycles. The summed E-state index contributed by atoms with van der Waals surface area (Å²) in [5.74, 6) is -1.05. The van der Waals surface area contributed by atoms with E-state index in [1.165, 1.54) is 9.75 Å². The van der Waals surface area contributed by atoms with Crippen molar-refractivity contribution in [2.45, 2.75) is 26.3 Å². The van der Waals surface area contributed by atoms with E-state index >= 15 is 0 Å². The first-order valence-corrected chi connectivity index (χ1v) is 6.11. The van der Waals surface area contributed by atoms with Gasteiger partial charge < -0.3 is 0 Å². The Hall–Kier alpha value is -1.69. The molecular formula is C11H13N3O2S. The molecule has 1 fully saturated rings. The minimum absolute atomic E-state index is 0.0155. The summed E-state index contributed by atoms with van der Waals surface area (Å²) in [5, 5.41) is 4.76. The number of carbonyl (C=O) groups is 2. The van der Waals surface area contributed by atoms with E-state index < -0.39 is 11.8 Å². The van der Waals surface area contributed by atoms with Gasteiger partial charge in [0.05, 0.1) is 6.04 Å².